The van der Waals surface area contributed by atoms with E-state index < -0.39 is 0 Å². The van der Waals surface area contributed by atoms with Crippen molar-refractivity contribution in [3.8, 4) is 0 Å². The van der Waals surface area contributed by atoms with Gasteiger partial charge in [-0.25, -0.2) is 4.79 Å². The summed E-state index contributed by atoms with van der Waals surface area (Å²) in [6.45, 7) is 8.17. The summed E-state index contributed by atoms with van der Waals surface area (Å²) in [5, 5.41) is 3.52. The highest BCUT2D eigenvalue weighted by Gasteiger charge is 2.21. The zero-order valence-corrected chi connectivity index (χ0v) is 14.1. The van der Waals surface area contributed by atoms with Gasteiger partial charge in [0.2, 0.25) is 5.91 Å². The van der Waals surface area contributed by atoms with Crippen LogP contribution in [0.1, 0.15) is 61.7 Å². The van der Waals surface area contributed by atoms with Crippen LogP contribution in [-0.2, 0) is 9.53 Å². The predicted molar refractivity (Wildman–Crippen MR) is 86.9 cm³/mol. The van der Waals surface area contributed by atoms with Gasteiger partial charge in [0.05, 0.1) is 12.2 Å². The SMILES string of the molecule is CCCC(CCC)C(=O)Nc1sc(C)cc1C(=O)OCC. The maximum Gasteiger partial charge on any atom is 0.341 e. The Morgan fingerprint density at radius 1 is 1.24 bits per heavy atom. The van der Waals surface area contributed by atoms with Gasteiger partial charge < -0.3 is 10.1 Å². The Hall–Kier alpha value is -1.36. The van der Waals surface area contributed by atoms with Crippen molar-refractivity contribution in [1.29, 1.82) is 0 Å². The van der Waals surface area contributed by atoms with Crippen molar-refractivity contribution in [3.05, 3.63) is 16.5 Å². The van der Waals surface area contributed by atoms with E-state index in [-0.39, 0.29) is 17.8 Å². The minimum Gasteiger partial charge on any atom is -0.462 e. The summed E-state index contributed by atoms with van der Waals surface area (Å²) >= 11 is 1.42. The van der Waals surface area contributed by atoms with Crippen LogP contribution in [0.5, 0.6) is 0 Å². The molecule has 1 N–H and O–H groups in total. The Balaban J connectivity index is 2.86. The van der Waals surface area contributed by atoms with Crippen molar-refractivity contribution in [1.82, 2.24) is 0 Å². The van der Waals surface area contributed by atoms with E-state index in [0.29, 0.717) is 17.2 Å². The number of aryl methyl sites for hydroxylation is 1. The number of hydrogen-bond acceptors (Lipinski definition) is 4. The predicted octanol–water partition coefficient (Wildman–Crippen LogP) is 4.39. The first kappa shape index (κ1) is 17.7. The van der Waals surface area contributed by atoms with Crippen LogP contribution in [-0.4, -0.2) is 18.5 Å². The number of nitrogens with one attached hydrogen (secondary N) is 1. The second-order valence-corrected chi connectivity index (χ2v) is 6.34. The molecule has 0 aromatic carbocycles. The monoisotopic (exact) mass is 311 g/mol. The lowest BCUT2D eigenvalue weighted by atomic mass is 9.97. The summed E-state index contributed by atoms with van der Waals surface area (Å²) < 4.78 is 5.04. The van der Waals surface area contributed by atoms with Crippen molar-refractivity contribution in [2.75, 3.05) is 11.9 Å². The first-order valence-electron chi connectivity index (χ1n) is 7.61. The standard InChI is InChI=1S/C16H25NO3S/c1-5-8-12(9-6-2)14(18)17-15-13(10-11(4)21-15)16(19)20-7-3/h10,12H,5-9H2,1-4H3,(H,17,18). The molecule has 0 spiro atoms. The van der Waals surface area contributed by atoms with Crippen LogP contribution in [0.4, 0.5) is 5.00 Å². The van der Waals surface area contributed by atoms with Gasteiger partial charge in [-0.3, -0.25) is 4.79 Å². The number of hydrogen-bond donors (Lipinski definition) is 1. The lowest BCUT2D eigenvalue weighted by Gasteiger charge is -2.15. The molecule has 0 radical (unpaired) electrons. The second kappa shape index (κ2) is 8.82. The topological polar surface area (TPSA) is 55.4 Å². The van der Waals surface area contributed by atoms with Crippen LogP contribution in [0.25, 0.3) is 0 Å². The number of carbonyl (C=O) groups excluding carboxylic acids is 2. The Labute approximate surface area is 130 Å². The molecule has 5 heteroatoms. The third kappa shape index (κ3) is 5.16. The largest absolute Gasteiger partial charge is 0.462 e. The van der Waals surface area contributed by atoms with E-state index in [4.69, 9.17) is 4.74 Å². The van der Waals surface area contributed by atoms with Crippen LogP contribution in [0.15, 0.2) is 6.07 Å². The van der Waals surface area contributed by atoms with Crippen LogP contribution < -0.4 is 5.32 Å². The first-order chi connectivity index (χ1) is 10.0. The molecule has 0 bridgehead atoms. The van der Waals surface area contributed by atoms with E-state index in [1.54, 1.807) is 13.0 Å². The molecule has 0 unspecified atom stereocenters. The van der Waals surface area contributed by atoms with E-state index in [2.05, 4.69) is 19.2 Å². The summed E-state index contributed by atoms with van der Waals surface area (Å²) in [4.78, 5) is 25.3. The summed E-state index contributed by atoms with van der Waals surface area (Å²) in [6.07, 6.45) is 3.70. The minimum atomic E-state index is -0.375. The third-order valence-electron chi connectivity index (χ3n) is 3.23. The number of carbonyl (C=O) groups is 2. The van der Waals surface area contributed by atoms with Crippen molar-refractivity contribution in [2.45, 2.75) is 53.4 Å². The van der Waals surface area contributed by atoms with Gasteiger partial charge >= 0.3 is 5.97 Å². The highest BCUT2D eigenvalue weighted by Crippen LogP contribution is 2.29. The molecule has 0 atom stereocenters. The van der Waals surface area contributed by atoms with Gasteiger partial charge in [-0.2, -0.15) is 0 Å². The van der Waals surface area contributed by atoms with E-state index in [1.165, 1.54) is 11.3 Å². The van der Waals surface area contributed by atoms with Gasteiger partial charge in [0.15, 0.2) is 0 Å². The van der Waals surface area contributed by atoms with Gasteiger partial charge in [0.25, 0.3) is 0 Å². The fraction of sp³-hybridized carbons (Fsp3) is 0.625. The fourth-order valence-corrected chi connectivity index (χ4v) is 3.19. The fourth-order valence-electron chi connectivity index (χ4n) is 2.28. The molecule has 0 aliphatic heterocycles. The third-order valence-corrected chi connectivity index (χ3v) is 4.20. The number of ether oxygens (including phenoxy) is 1. The smallest absolute Gasteiger partial charge is 0.341 e. The van der Waals surface area contributed by atoms with Crippen molar-refractivity contribution in [2.24, 2.45) is 5.92 Å². The highest BCUT2D eigenvalue weighted by molar-refractivity contribution is 7.16. The van der Waals surface area contributed by atoms with Gasteiger partial charge in [0.1, 0.15) is 5.00 Å². The van der Waals surface area contributed by atoms with Gasteiger partial charge in [0, 0.05) is 10.8 Å². The number of anilines is 1. The quantitative estimate of drug-likeness (QED) is 0.724. The summed E-state index contributed by atoms with van der Waals surface area (Å²) in [5.74, 6) is -0.358. The molecule has 0 aliphatic rings. The molecule has 1 amide bonds. The van der Waals surface area contributed by atoms with Crippen molar-refractivity contribution in [3.63, 3.8) is 0 Å². The molecule has 21 heavy (non-hydrogen) atoms. The lowest BCUT2D eigenvalue weighted by Crippen LogP contribution is -2.23. The average Bonchev–Trinajstić information content (AvgIpc) is 2.79. The molecule has 1 rings (SSSR count). The maximum atomic E-state index is 12.4. The van der Waals surface area contributed by atoms with Crippen molar-refractivity contribution < 1.29 is 14.3 Å². The first-order valence-corrected chi connectivity index (χ1v) is 8.43. The second-order valence-electron chi connectivity index (χ2n) is 5.08. The van der Waals surface area contributed by atoms with E-state index in [9.17, 15) is 9.59 Å². The van der Waals surface area contributed by atoms with E-state index >= 15 is 0 Å². The maximum absolute atomic E-state index is 12.4. The number of amides is 1. The van der Waals surface area contributed by atoms with Crippen LogP contribution in [0.3, 0.4) is 0 Å². The van der Waals surface area contributed by atoms with Crippen LogP contribution >= 0.6 is 11.3 Å². The van der Waals surface area contributed by atoms with E-state index in [1.807, 2.05) is 6.92 Å². The normalized spacial score (nSPS) is 10.7. The minimum absolute atomic E-state index is 0.00565. The van der Waals surface area contributed by atoms with Gasteiger partial charge in [-0.15, -0.1) is 11.3 Å². The molecule has 1 aromatic heterocycles. The molecule has 1 aromatic rings. The molecule has 1 heterocycles. The zero-order valence-electron chi connectivity index (χ0n) is 13.3. The summed E-state index contributed by atoms with van der Waals surface area (Å²) in [6, 6.07) is 1.77. The molecule has 4 nitrogen and oxygen atoms in total. The molecule has 0 fully saturated rings. The Bertz CT molecular complexity index is 476. The van der Waals surface area contributed by atoms with Gasteiger partial charge in [-0.1, -0.05) is 26.7 Å². The Morgan fingerprint density at radius 3 is 2.38 bits per heavy atom. The van der Waals surface area contributed by atoms with Crippen LogP contribution in [0.2, 0.25) is 0 Å². The van der Waals surface area contributed by atoms with Gasteiger partial charge in [-0.05, 0) is 32.8 Å². The molecule has 0 saturated heterocycles. The van der Waals surface area contributed by atoms with Crippen LogP contribution in [0, 0.1) is 12.8 Å². The summed E-state index contributed by atoms with van der Waals surface area (Å²) in [7, 11) is 0. The molecular weight excluding hydrogens is 286 g/mol. The Kier molecular flexibility index (Phi) is 7.43. The molecule has 118 valence electrons. The lowest BCUT2D eigenvalue weighted by molar-refractivity contribution is -0.120. The Morgan fingerprint density at radius 2 is 1.86 bits per heavy atom. The molecule has 0 aliphatic carbocycles. The zero-order chi connectivity index (χ0) is 15.8. The average molecular weight is 311 g/mol. The number of thiophene rings is 1. The number of esters is 1. The molecule has 0 saturated carbocycles. The summed E-state index contributed by atoms with van der Waals surface area (Å²) in [5.41, 5.74) is 0.458. The number of rotatable bonds is 8. The highest BCUT2D eigenvalue weighted by atomic mass is 32.1. The molecular formula is C16H25NO3S. The van der Waals surface area contributed by atoms with Crippen molar-refractivity contribution >= 4 is 28.2 Å². The van der Waals surface area contributed by atoms with E-state index in [0.717, 1.165) is 30.6 Å².